The number of aromatic nitrogens is 1. The van der Waals surface area contributed by atoms with E-state index < -0.39 is 9.84 Å². The number of sulfone groups is 1. The quantitative estimate of drug-likeness (QED) is 0.842. The topological polar surface area (TPSA) is 88.2 Å². The van der Waals surface area contributed by atoms with Crippen molar-refractivity contribution in [2.24, 2.45) is 0 Å². The Morgan fingerprint density at radius 1 is 1.15 bits per heavy atom. The van der Waals surface area contributed by atoms with Crippen LogP contribution >= 0.6 is 0 Å². The molecule has 0 aliphatic carbocycles. The van der Waals surface area contributed by atoms with E-state index in [1.807, 2.05) is 18.2 Å². The summed E-state index contributed by atoms with van der Waals surface area (Å²) in [6, 6.07) is 11.2. The summed E-state index contributed by atoms with van der Waals surface area (Å²) in [5, 5.41) is 6.10. The van der Waals surface area contributed by atoms with Crippen LogP contribution in [0.3, 0.4) is 0 Å². The number of pyridine rings is 1. The Morgan fingerprint density at radius 2 is 1.89 bits per heavy atom. The summed E-state index contributed by atoms with van der Waals surface area (Å²) in [6.07, 6.45) is 2.07. The Morgan fingerprint density at radius 3 is 2.48 bits per heavy atom. The minimum Gasteiger partial charge on any atom is -0.354 e. The molecule has 7 heteroatoms. The molecule has 1 aliphatic heterocycles. The van der Waals surface area contributed by atoms with Gasteiger partial charge in [0.1, 0.15) is 5.69 Å². The molecule has 0 bridgehead atoms. The first-order valence-electron chi connectivity index (χ1n) is 8.98. The third-order valence-electron chi connectivity index (χ3n) is 4.58. The van der Waals surface area contributed by atoms with Gasteiger partial charge in [0.25, 0.3) is 5.91 Å². The number of hydrogen-bond donors (Lipinski definition) is 2. The monoisotopic (exact) mass is 387 g/mol. The molecule has 2 N–H and O–H groups in total. The molecule has 1 aromatic heterocycles. The van der Waals surface area contributed by atoms with E-state index in [0.717, 1.165) is 11.4 Å². The minimum atomic E-state index is -3.03. The number of para-hydroxylation sites is 1. The van der Waals surface area contributed by atoms with Crippen molar-refractivity contribution in [3.05, 3.63) is 53.9 Å². The lowest BCUT2D eigenvalue weighted by Gasteiger charge is -2.23. The smallest absolute Gasteiger partial charge is 0.270 e. The summed E-state index contributed by atoms with van der Waals surface area (Å²) >= 11 is 0. The molecule has 0 spiro atoms. The molecular weight excluding hydrogens is 362 g/mol. The van der Waals surface area contributed by atoms with Crippen molar-refractivity contribution in [1.82, 2.24) is 10.3 Å². The number of carbonyl (C=O) groups is 1. The zero-order valence-corrected chi connectivity index (χ0v) is 16.6. The van der Waals surface area contributed by atoms with E-state index in [4.69, 9.17) is 0 Å². The summed E-state index contributed by atoms with van der Waals surface area (Å²) in [6.45, 7) is 6.47. The molecule has 1 fully saturated rings. The summed E-state index contributed by atoms with van der Waals surface area (Å²) in [5.41, 5.74) is 3.24. The molecule has 27 heavy (non-hydrogen) atoms. The van der Waals surface area contributed by atoms with E-state index in [0.29, 0.717) is 6.42 Å². The van der Waals surface area contributed by atoms with Crippen molar-refractivity contribution in [3.8, 4) is 0 Å². The van der Waals surface area contributed by atoms with Crippen LogP contribution in [-0.2, 0) is 15.3 Å². The zero-order valence-electron chi connectivity index (χ0n) is 15.8. The molecule has 1 aromatic carbocycles. The lowest BCUT2D eigenvalue weighted by Crippen LogP contribution is -2.36. The SMILES string of the molecule is CC(C)(C)c1ccccc1Nc1ccc(C(=O)NC2CCS(=O)(=O)C2)nc1. The van der Waals surface area contributed by atoms with E-state index >= 15 is 0 Å². The fourth-order valence-electron chi connectivity index (χ4n) is 3.17. The highest BCUT2D eigenvalue weighted by Crippen LogP contribution is 2.31. The summed E-state index contributed by atoms with van der Waals surface area (Å²) in [7, 11) is -3.03. The molecule has 1 saturated heterocycles. The number of amides is 1. The van der Waals surface area contributed by atoms with Gasteiger partial charge in [0, 0.05) is 11.7 Å². The van der Waals surface area contributed by atoms with Crippen molar-refractivity contribution < 1.29 is 13.2 Å². The Balaban J connectivity index is 1.69. The average Bonchev–Trinajstić information content (AvgIpc) is 2.93. The minimum absolute atomic E-state index is 0.00152. The van der Waals surface area contributed by atoms with Crippen molar-refractivity contribution in [2.45, 2.75) is 38.6 Å². The highest BCUT2D eigenvalue weighted by Gasteiger charge is 2.29. The molecule has 2 aromatic rings. The first-order valence-corrected chi connectivity index (χ1v) is 10.8. The van der Waals surface area contributed by atoms with E-state index in [1.54, 1.807) is 18.3 Å². The molecule has 0 radical (unpaired) electrons. The second kappa shape index (κ2) is 7.31. The van der Waals surface area contributed by atoms with Gasteiger partial charge in [0.15, 0.2) is 9.84 Å². The first kappa shape index (κ1) is 19.4. The zero-order chi connectivity index (χ0) is 19.7. The van der Waals surface area contributed by atoms with Gasteiger partial charge in [0.2, 0.25) is 0 Å². The number of hydrogen-bond acceptors (Lipinski definition) is 5. The second-order valence-electron chi connectivity index (χ2n) is 7.93. The predicted octanol–water partition coefficient (Wildman–Crippen LogP) is 3.04. The van der Waals surface area contributed by atoms with Crippen molar-refractivity contribution >= 4 is 27.1 Å². The third kappa shape index (κ3) is 4.86. The Bertz CT molecular complexity index is 932. The Labute approximate surface area is 160 Å². The maximum atomic E-state index is 12.3. The van der Waals surface area contributed by atoms with Crippen LogP contribution < -0.4 is 10.6 Å². The summed E-state index contributed by atoms with van der Waals surface area (Å²) < 4.78 is 23.0. The molecule has 1 aliphatic rings. The number of benzene rings is 1. The van der Waals surface area contributed by atoms with Crippen molar-refractivity contribution in [3.63, 3.8) is 0 Å². The number of anilines is 2. The van der Waals surface area contributed by atoms with Crippen LogP contribution in [0.4, 0.5) is 11.4 Å². The van der Waals surface area contributed by atoms with Gasteiger partial charge in [-0.15, -0.1) is 0 Å². The fraction of sp³-hybridized carbons (Fsp3) is 0.400. The maximum Gasteiger partial charge on any atom is 0.270 e. The molecule has 2 heterocycles. The fourth-order valence-corrected chi connectivity index (χ4v) is 4.85. The van der Waals surface area contributed by atoms with Crippen molar-refractivity contribution in [1.29, 1.82) is 0 Å². The average molecular weight is 388 g/mol. The molecule has 6 nitrogen and oxygen atoms in total. The van der Waals surface area contributed by atoms with E-state index in [-0.39, 0.29) is 34.6 Å². The van der Waals surface area contributed by atoms with E-state index in [1.165, 1.54) is 5.56 Å². The van der Waals surface area contributed by atoms with Crippen molar-refractivity contribution in [2.75, 3.05) is 16.8 Å². The lowest BCUT2D eigenvalue weighted by atomic mass is 9.86. The number of carbonyl (C=O) groups excluding carboxylic acids is 1. The van der Waals surface area contributed by atoms with Crippen LogP contribution in [0.1, 0.15) is 43.2 Å². The first-order chi connectivity index (χ1) is 12.6. The normalized spacial score (nSPS) is 18.9. The van der Waals surface area contributed by atoms with Gasteiger partial charge in [-0.1, -0.05) is 39.0 Å². The second-order valence-corrected chi connectivity index (χ2v) is 10.2. The number of nitrogens with zero attached hydrogens (tertiary/aromatic N) is 1. The molecule has 0 saturated carbocycles. The van der Waals surface area contributed by atoms with Gasteiger partial charge in [-0.2, -0.15) is 0 Å². The number of nitrogens with one attached hydrogen (secondary N) is 2. The standard InChI is InChI=1S/C20H25N3O3S/c1-20(2,3)16-6-4-5-7-17(16)22-14-8-9-18(21-12-14)19(24)23-15-10-11-27(25,26)13-15/h4-9,12,15,22H,10-11,13H2,1-3H3,(H,23,24). The third-order valence-corrected chi connectivity index (χ3v) is 6.35. The van der Waals surface area contributed by atoms with Gasteiger partial charge in [-0.3, -0.25) is 4.79 Å². The summed E-state index contributed by atoms with van der Waals surface area (Å²) in [4.78, 5) is 16.5. The van der Waals surface area contributed by atoms with E-state index in [9.17, 15) is 13.2 Å². The molecular formula is C20H25N3O3S. The van der Waals surface area contributed by atoms with Gasteiger partial charge in [0.05, 0.1) is 23.4 Å². The van der Waals surface area contributed by atoms with Gasteiger partial charge >= 0.3 is 0 Å². The molecule has 1 unspecified atom stereocenters. The molecule has 1 atom stereocenters. The van der Waals surface area contributed by atoms with E-state index in [2.05, 4.69) is 42.5 Å². The van der Waals surface area contributed by atoms with Crippen LogP contribution in [0, 0.1) is 0 Å². The molecule has 144 valence electrons. The van der Waals surface area contributed by atoms with Crippen LogP contribution in [0.2, 0.25) is 0 Å². The van der Waals surface area contributed by atoms with Crippen LogP contribution in [0.15, 0.2) is 42.6 Å². The predicted molar refractivity (Wildman–Crippen MR) is 107 cm³/mol. The van der Waals surface area contributed by atoms with Crippen LogP contribution in [0.5, 0.6) is 0 Å². The highest BCUT2D eigenvalue weighted by atomic mass is 32.2. The van der Waals surface area contributed by atoms with Gasteiger partial charge < -0.3 is 10.6 Å². The molecule has 3 rings (SSSR count). The summed E-state index contributed by atoms with van der Waals surface area (Å²) in [5.74, 6) is -0.220. The van der Waals surface area contributed by atoms with Gasteiger partial charge in [-0.05, 0) is 35.6 Å². The lowest BCUT2D eigenvalue weighted by molar-refractivity contribution is 0.0936. The highest BCUT2D eigenvalue weighted by molar-refractivity contribution is 7.91. The Hall–Kier alpha value is -2.41. The Kier molecular flexibility index (Phi) is 5.24. The number of rotatable bonds is 4. The largest absolute Gasteiger partial charge is 0.354 e. The maximum absolute atomic E-state index is 12.3. The molecule has 1 amide bonds. The van der Waals surface area contributed by atoms with Crippen LogP contribution in [0.25, 0.3) is 0 Å². The van der Waals surface area contributed by atoms with Gasteiger partial charge in [-0.25, -0.2) is 13.4 Å². The van der Waals surface area contributed by atoms with Crippen LogP contribution in [-0.4, -0.2) is 36.9 Å².